The van der Waals surface area contributed by atoms with E-state index in [0.717, 1.165) is 31.1 Å². The molecule has 1 fully saturated rings. The highest BCUT2D eigenvalue weighted by molar-refractivity contribution is 6.27. The number of carboxylic acids is 2. The molecule has 172 valence electrons. The maximum absolute atomic E-state index is 9.10. The number of ether oxygens (including phenoxy) is 2. The van der Waals surface area contributed by atoms with Crippen molar-refractivity contribution in [3.63, 3.8) is 0 Å². The molecule has 2 aliphatic rings. The number of benzene rings is 1. The van der Waals surface area contributed by atoms with Crippen molar-refractivity contribution in [1.29, 1.82) is 0 Å². The number of rotatable bonds is 8. The van der Waals surface area contributed by atoms with Crippen LogP contribution in [0.3, 0.4) is 0 Å². The van der Waals surface area contributed by atoms with Gasteiger partial charge in [0, 0.05) is 18.2 Å². The third-order valence-corrected chi connectivity index (χ3v) is 5.33. The monoisotopic (exact) mass is 433 g/mol. The smallest absolute Gasteiger partial charge is 0.414 e. The van der Waals surface area contributed by atoms with Gasteiger partial charge in [0.25, 0.3) is 0 Å². The second-order valence-corrected chi connectivity index (χ2v) is 8.50. The van der Waals surface area contributed by atoms with Gasteiger partial charge in [0.05, 0.1) is 0 Å². The number of carboxylic acid groups (broad SMARTS) is 2. The van der Waals surface area contributed by atoms with Crippen molar-refractivity contribution >= 4 is 18.0 Å². The van der Waals surface area contributed by atoms with E-state index in [2.05, 4.69) is 50.0 Å². The molecule has 0 radical (unpaired) electrons. The van der Waals surface area contributed by atoms with Gasteiger partial charge in [0.2, 0.25) is 0 Å². The van der Waals surface area contributed by atoms with Crippen molar-refractivity contribution in [3.8, 4) is 11.5 Å². The van der Waals surface area contributed by atoms with Crippen LogP contribution in [0.4, 0.5) is 0 Å². The zero-order valence-electron chi connectivity index (χ0n) is 18.9. The average molecular weight is 434 g/mol. The second-order valence-electron chi connectivity index (χ2n) is 8.50. The largest absolute Gasteiger partial charge is 0.492 e. The van der Waals surface area contributed by atoms with Gasteiger partial charge in [-0.2, -0.15) is 0 Å². The van der Waals surface area contributed by atoms with Crippen LogP contribution in [0.1, 0.15) is 64.0 Å². The summed E-state index contributed by atoms with van der Waals surface area (Å²) in [5.74, 6) is -1.72. The summed E-state index contributed by atoms with van der Waals surface area (Å²) in [6.45, 7) is 10.7. The van der Waals surface area contributed by atoms with E-state index in [1.54, 1.807) is 0 Å². The maximum atomic E-state index is 9.10. The molecule has 31 heavy (non-hydrogen) atoms. The molecule has 0 unspecified atom stereocenters. The Bertz CT molecular complexity index is 769. The lowest BCUT2D eigenvalue weighted by Crippen LogP contribution is -2.28. The van der Waals surface area contributed by atoms with E-state index >= 15 is 0 Å². The molecule has 0 saturated carbocycles. The summed E-state index contributed by atoms with van der Waals surface area (Å²) in [6.07, 6.45) is 11.9. The van der Waals surface area contributed by atoms with E-state index in [4.69, 9.17) is 29.3 Å². The number of hydrogen-bond acceptors (Lipinski definition) is 5. The molecule has 7 nitrogen and oxygen atoms in total. The van der Waals surface area contributed by atoms with Gasteiger partial charge in [-0.1, -0.05) is 25.8 Å². The number of hydrogen-bond donors (Lipinski definition) is 2. The lowest BCUT2D eigenvalue weighted by atomic mass is 9.95. The van der Waals surface area contributed by atoms with Crippen molar-refractivity contribution in [2.45, 2.75) is 64.9 Å². The minimum absolute atomic E-state index is 0.248. The van der Waals surface area contributed by atoms with Crippen LogP contribution >= 0.6 is 0 Å². The molecule has 2 aliphatic heterocycles. The SMILES string of the molecule is CCCCCc1cc(OCCN2CCCC2)cc2c1C=CC(C)(C)O2.O=C(O)C(=O)O. The van der Waals surface area contributed by atoms with Crippen molar-refractivity contribution in [3.05, 3.63) is 29.3 Å². The first kappa shape index (κ1) is 24.7. The summed E-state index contributed by atoms with van der Waals surface area (Å²) in [4.78, 5) is 20.7. The van der Waals surface area contributed by atoms with Gasteiger partial charge in [-0.25, -0.2) is 9.59 Å². The van der Waals surface area contributed by atoms with E-state index in [-0.39, 0.29) is 5.60 Å². The number of unbranched alkanes of at least 4 members (excludes halogenated alkanes) is 2. The molecule has 0 amide bonds. The maximum Gasteiger partial charge on any atom is 0.414 e. The van der Waals surface area contributed by atoms with E-state index in [1.807, 2.05) is 0 Å². The Hall–Kier alpha value is -2.54. The molecule has 1 saturated heterocycles. The highest BCUT2D eigenvalue weighted by Gasteiger charge is 2.24. The van der Waals surface area contributed by atoms with Crippen LogP contribution in [-0.2, 0) is 16.0 Å². The normalized spacial score (nSPS) is 16.6. The topological polar surface area (TPSA) is 96.3 Å². The molecule has 2 heterocycles. The second kappa shape index (κ2) is 11.7. The number of aliphatic carboxylic acids is 2. The molecular weight excluding hydrogens is 398 g/mol. The molecular formula is C24H35NO6. The quantitative estimate of drug-likeness (QED) is 0.468. The first-order valence-electron chi connectivity index (χ1n) is 11.1. The van der Waals surface area contributed by atoms with Crippen molar-refractivity contribution in [2.24, 2.45) is 0 Å². The van der Waals surface area contributed by atoms with Gasteiger partial charge in [0.1, 0.15) is 23.7 Å². The number of aryl methyl sites for hydroxylation is 1. The Kier molecular flexibility index (Phi) is 9.37. The van der Waals surface area contributed by atoms with E-state index < -0.39 is 11.9 Å². The molecule has 2 N–H and O–H groups in total. The van der Waals surface area contributed by atoms with Gasteiger partial charge in [-0.3, -0.25) is 4.90 Å². The third kappa shape index (κ3) is 8.25. The van der Waals surface area contributed by atoms with Crippen molar-refractivity contribution < 1.29 is 29.3 Å². The lowest BCUT2D eigenvalue weighted by molar-refractivity contribution is -0.159. The van der Waals surface area contributed by atoms with Crippen LogP contribution in [0.2, 0.25) is 0 Å². The Balaban J connectivity index is 0.000000501. The zero-order chi connectivity index (χ0) is 22.9. The predicted octanol–water partition coefficient (Wildman–Crippen LogP) is 4.23. The molecule has 0 bridgehead atoms. The molecule has 0 aliphatic carbocycles. The number of fused-ring (bicyclic) bond motifs is 1. The molecule has 0 aromatic heterocycles. The Morgan fingerprint density at radius 1 is 1.13 bits per heavy atom. The summed E-state index contributed by atoms with van der Waals surface area (Å²) in [7, 11) is 0. The van der Waals surface area contributed by atoms with Crippen LogP contribution < -0.4 is 9.47 Å². The van der Waals surface area contributed by atoms with Gasteiger partial charge in [0.15, 0.2) is 0 Å². The fourth-order valence-corrected chi connectivity index (χ4v) is 3.69. The minimum atomic E-state index is -1.82. The van der Waals surface area contributed by atoms with Crippen LogP contribution in [0.5, 0.6) is 11.5 Å². The third-order valence-electron chi connectivity index (χ3n) is 5.33. The van der Waals surface area contributed by atoms with Gasteiger partial charge in [-0.15, -0.1) is 0 Å². The fourth-order valence-electron chi connectivity index (χ4n) is 3.69. The van der Waals surface area contributed by atoms with Crippen LogP contribution in [0, 0.1) is 0 Å². The summed E-state index contributed by atoms with van der Waals surface area (Å²) in [5, 5.41) is 14.8. The first-order chi connectivity index (χ1) is 14.7. The average Bonchev–Trinajstić information content (AvgIpc) is 3.21. The summed E-state index contributed by atoms with van der Waals surface area (Å²) in [5.41, 5.74) is 2.35. The standard InChI is InChI=1S/C22H33NO2.C2H2O4/c1-4-5-6-9-18-16-19(24-15-14-23-12-7-8-13-23)17-21-20(18)10-11-22(2,3)25-21;3-1(4)2(5)6/h10-11,16-17H,4-9,12-15H2,1-3H3;(H,3,4)(H,5,6). The van der Waals surface area contributed by atoms with Gasteiger partial charge in [-0.05, 0) is 70.3 Å². The summed E-state index contributed by atoms with van der Waals surface area (Å²) in [6, 6.07) is 4.30. The van der Waals surface area contributed by atoms with Crippen molar-refractivity contribution in [1.82, 2.24) is 4.90 Å². The summed E-state index contributed by atoms with van der Waals surface area (Å²) < 4.78 is 12.3. The Morgan fingerprint density at radius 2 is 1.81 bits per heavy atom. The predicted molar refractivity (Wildman–Crippen MR) is 120 cm³/mol. The van der Waals surface area contributed by atoms with Crippen LogP contribution in [0.15, 0.2) is 18.2 Å². The van der Waals surface area contributed by atoms with E-state index in [1.165, 1.54) is 56.3 Å². The highest BCUT2D eigenvalue weighted by Crippen LogP contribution is 2.37. The van der Waals surface area contributed by atoms with Crippen LogP contribution in [0.25, 0.3) is 6.08 Å². The number of carbonyl (C=O) groups is 2. The number of nitrogens with zero attached hydrogens (tertiary/aromatic N) is 1. The van der Waals surface area contributed by atoms with Gasteiger partial charge < -0.3 is 19.7 Å². The minimum Gasteiger partial charge on any atom is -0.492 e. The van der Waals surface area contributed by atoms with Crippen molar-refractivity contribution in [2.75, 3.05) is 26.2 Å². The molecule has 7 heteroatoms. The molecule has 1 aromatic carbocycles. The molecule has 1 aromatic rings. The Labute approximate surface area is 184 Å². The highest BCUT2D eigenvalue weighted by atomic mass is 16.5. The molecule has 0 atom stereocenters. The fraction of sp³-hybridized carbons (Fsp3) is 0.583. The van der Waals surface area contributed by atoms with E-state index in [9.17, 15) is 0 Å². The lowest BCUT2D eigenvalue weighted by Gasteiger charge is -2.29. The number of likely N-dealkylation sites (tertiary alicyclic amines) is 1. The first-order valence-corrected chi connectivity index (χ1v) is 11.1. The zero-order valence-corrected chi connectivity index (χ0v) is 18.9. The summed E-state index contributed by atoms with van der Waals surface area (Å²) >= 11 is 0. The van der Waals surface area contributed by atoms with E-state index in [0.29, 0.717) is 0 Å². The molecule has 3 rings (SSSR count). The molecule has 0 spiro atoms. The van der Waals surface area contributed by atoms with Crippen LogP contribution in [-0.4, -0.2) is 58.9 Å². The van der Waals surface area contributed by atoms with Gasteiger partial charge >= 0.3 is 11.9 Å². The Morgan fingerprint density at radius 3 is 2.42 bits per heavy atom.